The van der Waals surface area contributed by atoms with Crippen LogP contribution in [-0.2, 0) is 4.74 Å². The van der Waals surface area contributed by atoms with Crippen LogP contribution < -0.4 is 33.2 Å². The maximum absolute atomic E-state index is 13.4. The Balaban J connectivity index is 2.29. The topological polar surface area (TPSA) is 111 Å². The third-order valence-corrected chi connectivity index (χ3v) is 5.22. The molecule has 2 aromatic carbocycles. The molecule has 3 rings (SSSR count). The van der Waals surface area contributed by atoms with Crippen molar-refractivity contribution in [2.24, 2.45) is 0 Å². The first-order valence-corrected chi connectivity index (χ1v) is 9.50. The van der Waals surface area contributed by atoms with Gasteiger partial charge < -0.3 is 43.0 Å². The molecule has 0 aromatic heterocycles. The van der Waals surface area contributed by atoms with Gasteiger partial charge in [-0.05, 0) is 12.1 Å². The predicted molar refractivity (Wildman–Crippen MR) is 112 cm³/mol. The van der Waals surface area contributed by atoms with Gasteiger partial charge in [-0.25, -0.2) is 0 Å². The normalized spacial score (nSPS) is 17.2. The Hall–Kier alpha value is -3.53. The largest absolute Gasteiger partial charge is 0.502 e. The summed E-state index contributed by atoms with van der Waals surface area (Å²) in [5.74, 6) is 0.545. The smallest absolute Gasteiger partial charge is 0.207 e. The summed E-state index contributed by atoms with van der Waals surface area (Å²) in [6.07, 6.45) is -2.05. The van der Waals surface area contributed by atoms with Gasteiger partial charge in [0.05, 0.1) is 48.2 Å². The van der Waals surface area contributed by atoms with Crippen LogP contribution in [0.4, 0.5) is 0 Å². The van der Waals surface area contributed by atoms with E-state index in [9.17, 15) is 9.90 Å². The fraction of sp³-hybridized carbons (Fsp3) is 0.409. The number of methoxy groups -OCH3 is 7. The fourth-order valence-corrected chi connectivity index (χ4v) is 3.76. The van der Waals surface area contributed by atoms with Gasteiger partial charge in [-0.1, -0.05) is 0 Å². The van der Waals surface area contributed by atoms with Crippen molar-refractivity contribution in [2.75, 3.05) is 49.8 Å². The number of aromatic hydroxyl groups is 1. The first-order valence-electron chi connectivity index (χ1n) is 9.50. The van der Waals surface area contributed by atoms with Crippen LogP contribution in [0.3, 0.4) is 0 Å². The van der Waals surface area contributed by atoms with Crippen molar-refractivity contribution in [2.45, 2.75) is 12.2 Å². The van der Waals surface area contributed by atoms with E-state index in [1.54, 1.807) is 6.07 Å². The van der Waals surface area contributed by atoms with Crippen molar-refractivity contribution in [3.63, 3.8) is 0 Å². The van der Waals surface area contributed by atoms with E-state index in [2.05, 4.69) is 0 Å². The molecule has 1 heterocycles. The second-order valence-electron chi connectivity index (χ2n) is 6.66. The molecule has 0 saturated carbocycles. The maximum Gasteiger partial charge on any atom is 0.207 e. The van der Waals surface area contributed by atoms with Crippen LogP contribution in [-0.4, -0.2) is 66.8 Å². The highest BCUT2D eigenvalue weighted by Crippen LogP contribution is 2.54. The minimum absolute atomic E-state index is 0.0429. The fourth-order valence-electron chi connectivity index (χ4n) is 3.76. The van der Waals surface area contributed by atoms with E-state index in [-0.39, 0.29) is 40.1 Å². The molecule has 32 heavy (non-hydrogen) atoms. The molecule has 0 radical (unpaired) electrons. The molecular weight excluding hydrogens is 424 g/mol. The van der Waals surface area contributed by atoms with Crippen molar-refractivity contribution < 1.29 is 47.8 Å². The summed E-state index contributed by atoms with van der Waals surface area (Å²) in [6, 6.07) is 3.00. The van der Waals surface area contributed by atoms with Gasteiger partial charge in [-0.3, -0.25) is 4.79 Å². The molecule has 10 nitrogen and oxygen atoms in total. The number of rotatable bonds is 8. The average Bonchev–Trinajstić information content (AvgIpc) is 2.81. The quantitative estimate of drug-likeness (QED) is 0.644. The van der Waals surface area contributed by atoms with Crippen molar-refractivity contribution in [1.29, 1.82) is 0 Å². The molecule has 0 spiro atoms. The summed E-state index contributed by atoms with van der Waals surface area (Å²) in [6.45, 7) is 0. The summed E-state index contributed by atoms with van der Waals surface area (Å²) in [4.78, 5) is 13.4. The number of carbonyl (C=O) groups excluding carboxylic acids is 1. The minimum atomic E-state index is -1.06. The molecule has 0 amide bonds. The maximum atomic E-state index is 13.4. The third kappa shape index (κ3) is 3.46. The molecule has 174 valence electrons. The number of phenols is 1. The number of hydrogen-bond donors (Lipinski definition) is 1. The Bertz CT molecular complexity index is 1020. The zero-order valence-electron chi connectivity index (χ0n) is 18.9. The van der Waals surface area contributed by atoms with E-state index in [1.807, 2.05) is 0 Å². The van der Waals surface area contributed by atoms with Gasteiger partial charge >= 0.3 is 0 Å². The zero-order valence-corrected chi connectivity index (χ0v) is 18.9. The van der Waals surface area contributed by atoms with Crippen LogP contribution >= 0.6 is 0 Å². The first kappa shape index (κ1) is 23.1. The molecule has 1 aliphatic rings. The molecule has 0 saturated heterocycles. The van der Waals surface area contributed by atoms with Crippen LogP contribution in [0.15, 0.2) is 12.1 Å². The number of ether oxygens (including phenoxy) is 8. The van der Waals surface area contributed by atoms with Gasteiger partial charge in [-0.15, -0.1) is 0 Å². The van der Waals surface area contributed by atoms with Crippen LogP contribution in [0.2, 0.25) is 0 Å². The summed E-state index contributed by atoms with van der Waals surface area (Å²) in [7, 11) is 9.94. The van der Waals surface area contributed by atoms with Gasteiger partial charge in [0, 0.05) is 12.7 Å². The summed E-state index contributed by atoms with van der Waals surface area (Å²) in [5.41, 5.74) is 0.552. The number of Topliss-reactive ketones (excluding diaryl/α,β-unsaturated/α-hetero) is 1. The van der Waals surface area contributed by atoms with E-state index in [0.717, 1.165) is 0 Å². The van der Waals surface area contributed by atoms with Crippen molar-refractivity contribution in [1.82, 2.24) is 0 Å². The lowest BCUT2D eigenvalue weighted by Crippen LogP contribution is -2.38. The Kier molecular flexibility index (Phi) is 6.73. The lowest BCUT2D eigenvalue weighted by Gasteiger charge is -2.34. The minimum Gasteiger partial charge on any atom is -0.502 e. The zero-order chi connectivity index (χ0) is 23.6. The van der Waals surface area contributed by atoms with E-state index in [1.165, 1.54) is 55.8 Å². The molecule has 2 aromatic rings. The Labute approximate surface area is 185 Å². The molecule has 0 fully saturated rings. The van der Waals surface area contributed by atoms with Crippen molar-refractivity contribution in [3.8, 4) is 46.0 Å². The second-order valence-corrected chi connectivity index (χ2v) is 6.66. The molecule has 0 aliphatic carbocycles. The van der Waals surface area contributed by atoms with Crippen molar-refractivity contribution >= 4 is 5.78 Å². The van der Waals surface area contributed by atoms with Crippen LogP contribution in [0.5, 0.6) is 46.0 Å². The highest BCUT2D eigenvalue weighted by atomic mass is 16.6. The SMILES string of the molecule is COc1cc2c(c(OC)c1O)OC(c1cc(OC)c(OC)c(OC)c1OC)C(OC)C2=O. The number of benzene rings is 2. The van der Waals surface area contributed by atoms with Gasteiger partial charge in [0.1, 0.15) is 0 Å². The molecule has 2 atom stereocenters. The summed E-state index contributed by atoms with van der Waals surface area (Å²) < 4.78 is 44.1. The average molecular weight is 450 g/mol. The van der Waals surface area contributed by atoms with Crippen molar-refractivity contribution in [3.05, 3.63) is 23.3 Å². The highest BCUT2D eigenvalue weighted by molar-refractivity contribution is 6.05. The van der Waals surface area contributed by atoms with Gasteiger partial charge in [0.2, 0.25) is 23.0 Å². The Morgan fingerprint density at radius 2 is 1.34 bits per heavy atom. The number of carbonyl (C=O) groups is 1. The molecule has 1 aliphatic heterocycles. The second kappa shape index (κ2) is 9.31. The van der Waals surface area contributed by atoms with Gasteiger partial charge in [-0.2, -0.15) is 0 Å². The van der Waals surface area contributed by atoms with E-state index in [4.69, 9.17) is 37.9 Å². The van der Waals surface area contributed by atoms with Gasteiger partial charge in [0.25, 0.3) is 0 Å². The molecular formula is C22H26O10. The van der Waals surface area contributed by atoms with E-state index >= 15 is 0 Å². The Morgan fingerprint density at radius 3 is 1.84 bits per heavy atom. The third-order valence-electron chi connectivity index (χ3n) is 5.22. The number of ketones is 1. The van der Waals surface area contributed by atoms with Crippen LogP contribution in [0, 0.1) is 0 Å². The molecule has 0 bridgehead atoms. The highest BCUT2D eigenvalue weighted by Gasteiger charge is 2.44. The van der Waals surface area contributed by atoms with E-state index < -0.39 is 18.0 Å². The first-order chi connectivity index (χ1) is 15.4. The lowest BCUT2D eigenvalue weighted by molar-refractivity contribution is -0.00276. The lowest BCUT2D eigenvalue weighted by atomic mass is 9.91. The number of hydrogen-bond acceptors (Lipinski definition) is 10. The summed E-state index contributed by atoms with van der Waals surface area (Å²) >= 11 is 0. The monoisotopic (exact) mass is 450 g/mol. The molecule has 1 N–H and O–H groups in total. The predicted octanol–water partition coefficient (Wildman–Crippen LogP) is 2.78. The number of fused-ring (bicyclic) bond motifs is 1. The van der Waals surface area contributed by atoms with Crippen LogP contribution in [0.25, 0.3) is 0 Å². The summed E-state index contributed by atoms with van der Waals surface area (Å²) in [5, 5.41) is 10.5. The molecule has 2 unspecified atom stereocenters. The molecule has 10 heteroatoms. The standard InChI is InChI=1S/C22H26O10/c1-25-12-8-10-14(23)20(29-5)18(32-17(10)21(30-6)15(12)24)11-9-13(26-2)19(28-4)22(31-7)16(11)27-3/h8-9,18,20,24H,1-7H3. The van der Waals surface area contributed by atoms with E-state index in [0.29, 0.717) is 17.1 Å². The van der Waals surface area contributed by atoms with Gasteiger partial charge in [0.15, 0.2) is 41.0 Å². The van der Waals surface area contributed by atoms with Crippen LogP contribution in [0.1, 0.15) is 22.0 Å². The Morgan fingerprint density at radius 1 is 0.750 bits per heavy atom. The number of phenolic OH excluding ortho intramolecular Hbond substituents is 1.